The van der Waals surface area contributed by atoms with Gasteiger partial charge in [-0.05, 0) is 56.4 Å². The third kappa shape index (κ3) is 5.77. The number of aryl methyl sites for hydroxylation is 1. The number of nitrogens with one attached hydrogen (secondary N) is 1. The lowest BCUT2D eigenvalue weighted by molar-refractivity contribution is -0.116. The second kappa shape index (κ2) is 10.2. The van der Waals surface area contributed by atoms with Crippen LogP contribution in [0.25, 0.3) is 0 Å². The van der Waals surface area contributed by atoms with E-state index in [9.17, 15) is 13.2 Å². The molecule has 1 fully saturated rings. The number of methoxy groups -OCH3 is 2. The molecule has 0 saturated carbocycles. The van der Waals surface area contributed by atoms with Gasteiger partial charge in [-0.1, -0.05) is 17.7 Å². The summed E-state index contributed by atoms with van der Waals surface area (Å²) >= 11 is 0. The minimum Gasteiger partial charge on any atom is -0.497 e. The van der Waals surface area contributed by atoms with Crippen LogP contribution < -0.4 is 14.8 Å². The molecule has 1 unspecified atom stereocenters. The highest BCUT2D eigenvalue weighted by atomic mass is 32.2. The molecule has 0 bridgehead atoms. The van der Waals surface area contributed by atoms with Gasteiger partial charge in [0.1, 0.15) is 11.5 Å². The molecule has 1 aliphatic heterocycles. The highest BCUT2D eigenvalue weighted by molar-refractivity contribution is 7.89. The van der Waals surface area contributed by atoms with E-state index in [1.165, 1.54) is 7.11 Å². The van der Waals surface area contributed by atoms with E-state index < -0.39 is 10.0 Å². The largest absolute Gasteiger partial charge is 0.497 e. The highest BCUT2D eigenvalue weighted by Crippen LogP contribution is 2.30. The number of sulfonamides is 1. The first-order valence-corrected chi connectivity index (χ1v) is 11.9. The first-order valence-electron chi connectivity index (χ1n) is 10.4. The zero-order valence-corrected chi connectivity index (χ0v) is 19.1. The van der Waals surface area contributed by atoms with Crippen LogP contribution >= 0.6 is 0 Å². The second-order valence-electron chi connectivity index (χ2n) is 7.84. The molecule has 3 rings (SSSR count). The average Bonchev–Trinajstić information content (AvgIpc) is 2.78. The van der Waals surface area contributed by atoms with Gasteiger partial charge in [-0.2, -0.15) is 4.31 Å². The van der Waals surface area contributed by atoms with Crippen LogP contribution in [0.2, 0.25) is 0 Å². The van der Waals surface area contributed by atoms with Gasteiger partial charge < -0.3 is 14.8 Å². The van der Waals surface area contributed by atoms with Crippen LogP contribution in [0.4, 0.5) is 5.69 Å². The minimum absolute atomic E-state index is 0.123. The number of anilines is 1. The molecule has 31 heavy (non-hydrogen) atoms. The Labute approximate surface area is 184 Å². The van der Waals surface area contributed by atoms with Crippen molar-refractivity contribution < 1.29 is 22.7 Å². The molecule has 0 aliphatic carbocycles. The van der Waals surface area contributed by atoms with Gasteiger partial charge >= 0.3 is 0 Å². The van der Waals surface area contributed by atoms with Crippen molar-refractivity contribution in [1.82, 2.24) is 4.31 Å². The van der Waals surface area contributed by atoms with Gasteiger partial charge in [-0.3, -0.25) is 4.79 Å². The molecule has 7 nitrogen and oxygen atoms in total. The minimum atomic E-state index is -3.51. The predicted octanol–water partition coefficient (Wildman–Crippen LogP) is 3.83. The van der Waals surface area contributed by atoms with Gasteiger partial charge in [-0.15, -0.1) is 0 Å². The monoisotopic (exact) mass is 446 g/mol. The molecule has 1 aliphatic rings. The fourth-order valence-corrected chi connectivity index (χ4v) is 5.34. The summed E-state index contributed by atoms with van der Waals surface area (Å²) in [5, 5.41) is 2.87. The summed E-state index contributed by atoms with van der Waals surface area (Å²) in [5.74, 6) is 1.20. The topological polar surface area (TPSA) is 84.9 Å². The van der Waals surface area contributed by atoms with Crippen LogP contribution in [0, 0.1) is 12.8 Å². The fourth-order valence-electron chi connectivity index (χ4n) is 3.79. The number of nitrogens with zero attached hydrogens (tertiary/aromatic N) is 1. The molecular formula is C23H30N2O5S. The van der Waals surface area contributed by atoms with Crippen molar-refractivity contribution in [2.24, 2.45) is 5.92 Å². The molecule has 168 valence electrons. The highest BCUT2D eigenvalue weighted by Gasteiger charge is 2.30. The Morgan fingerprint density at radius 2 is 1.87 bits per heavy atom. The lowest BCUT2D eigenvalue weighted by Gasteiger charge is -2.32. The van der Waals surface area contributed by atoms with Gasteiger partial charge in [0.05, 0.1) is 24.8 Å². The average molecular weight is 447 g/mol. The Hall–Kier alpha value is -2.58. The van der Waals surface area contributed by atoms with E-state index in [0.29, 0.717) is 48.0 Å². The molecule has 2 aromatic rings. The summed E-state index contributed by atoms with van der Waals surface area (Å²) in [5.41, 5.74) is 1.61. The van der Waals surface area contributed by atoms with E-state index in [0.717, 1.165) is 18.4 Å². The van der Waals surface area contributed by atoms with E-state index in [-0.39, 0.29) is 11.8 Å². The van der Waals surface area contributed by atoms with Crippen molar-refractivity contribution >= 4 is 21.6 Å². The van der Waals surface area contributed by atoms with E-state index >= 15 is 0 Å². The number of carbonyl (C=O) groups is 1. The van der Waals surface area contributed by atoms with E-state index in [4.69, 9.17) is 9.47 Å². The lowest BCUT2D eigenvalue weighted by atomic mass is 9.94. The SMILES string of the molecule is COc1ccc(NC(=O)CCC2CCCN(S(=O)(=O)c3ccc(C)cc3)C2)c(OC)c1. The summed E-state index contributed by atoms with van der Waals surface area (Å²) in [4.78, 5) is 12.8. The van der Waals surface area contributed by atoms with E-state index in [1.54, 1.807) is 41.7 Å². The maximum Gasteiger partial charge on any atom is 0.243 e. The first kappa shape index (κ1) is 23.1. The number of ether oxygens (including phenoxy) is 2. The number of carbonyl (C=O) groups excluding carboxylic acids is 1. The van der Waals surface area contributed by atoms with Crippen molar-refractivity contribution in [3.05, 3.63) is 48.0 Å². The summed E-state index contributed by atoms with van der Waals surface area (Å²) in [6.45, 7) is 2.89. The third-order valence-electron chi connectivity index (χ3n) is 5.60. The molecule has 0 radical (unpaired) electrons. The zero-order chi connectivity index (χ0) is 22.4. The standard InChI is InChI=1S/C23H30N2O5S/c1-17-6-10-20(11-7-17)31(27,28)25-14-4-5-18(16-25)8-13-23(26)24-21-12-9-19(29-2)15-22(21)30-3/h6-7,9-12,15,18H,4-5,8,13-14,16H2,1-3H3,(H,24,26). The molecule has 1 atom stereocenters. The summed E-state index contributed by atoms with van der Waals surface area (Å²) < 4.78 is 38.0. The molecule has 0 spiro atoms. The molecule has 1 amide bonds. The van der Waals surface area contributed by atoms with Crippen molar-refractivity contribution in [2.75, 3.05) is 32.6 Å². The molecular weight excluding hydrogens is 416 g/mol. The van der Waals surface area contributed by atoms with E-state index in [1.807, 2.05) is 19.1 Å². The molecule has 1 heterocycles. The normalized spacial score (nSPS) is 17.2. The maximum absolute atomic E-state index is 13.0. The zero-order valence-electron chi connectivity index (χ0n) is 18.3. The number of hydrogen-bond acceptors (Lipinski definition) is 5. The predicted molar refractivity (Wildman–Crippen MR) is 120 cm³/mol. The van der Waals surface area contributed by atoms with Crippen LogP contribution in [0.5, 0.6) is 11.5 Å². The quantitative estimate of drug-likeness (QED) is 0.666. The molecule has 8 heteroatoms. The summed E-state index contributed by atoms with van der Waals surface area (Å²) in [6, 6.07) is 12.1. The molecule has 0 aromatic heterocycles. The Morgan fingerprint density at radius 1 is 1.13 bits per heavy atom. The van der Waals surface area contributed by atoms with Crippen molar-refractivity contribution in [3.8, 4) is 11.5 Å². The van der Waals surface area contributed by atoms with Gasteiger partial charge in [0.15, 0.2) is 0 Å². The molecule has 1 N–H and O–H groups in total. The van der Waals surface area contributed by atoms with Gasteiger partial charge in [0, 0.05) is 25.6 Å². The Bertz CT molecular complexity index is 1010. The van der Waals surface area contributed by atoms with Gasteiger partial charge in [0.2, 0.25) is 15.9 Å². The number of rotatable bonds is 8. The van der Waals surface area contributed by atoms with Crippen molar-refractivity contribution in [1.29, 1.82) is 0 Å². The van der Waals surface area contributed by atoms with Crippen LogP contribution in [-0.2, 0) is 14.8 Å². The smallest absolute Gasteiger partial charge is 0.243 e. The van der Waals surface area contributed by atoms with Crippen LogP contribution in [0.15, 0.2) is 47.4 Å². The van der Waals surface area contributed by atoms with Crippen LogP contribution in [0.3, 0.4) is 0 Å². The van der Waals surface area contributed by atoms with Crippen LogP contribution in [0.1, 0.15) is 31.2 Å². The number of piperidine rings is 1. The Kier molecular flexibility index (Phi) is 7.56. The molecule has 2 aromatic carbocycles. The Balaban J connectivity index is 1.57. The van der Waals surface area contributed by atoms with Gasteiger partial charge in [0.25, 0.3) is 0 Å². The molecule has 1 saturated heterocycles. The number of amides is 1. The van der Waals surface area contributed by atoms with Gasteiger partial charge in [-0.25, -0.2) is 8.42 Å². The van der Waals surface area contributed by atoms with Crippen LogP contribution in [-0.4, -0.2) is 45.9 Å². The Morgan fingerprint density at radius 3 is 2.55 bits per heavy atom. The first-order chi connectivity index (χ1) is 14.8. The van der Waals surface area contributed by atoms with E-state index in [2.05, 4.69) is 5.32 Å². The second-order valence-corrected chi connectivity index (χ2v) is 9.78. The summed E-state index contributed by atoms with van der Waals surface area (Å²) in [6.07, 6.45) is 2.66. The summed E-state index contributed by atoms with van der Waals surface area (Å²) in [7, 11) is -0.404. The van der Waals surface area contributed by atoms with Crippen molar-refractivity contribution in [3.63, 3.8) is 0 Å². The number of benzene rings is 2. The lowest BCUT2D eigenvalue weighted by Crippen LogP contribution is -2.40. The van der Waals surface area contributed by atoms with Crippen molar-refractivity contribution in [2.45, 2.75) is 37.5 Å². The maximum atomic E-state index is 13.0. The fraction of sp³-hybridized carbons (Fsp3) is 0.435. The number of hydrogen-bond donors (Lipinski definition) is 1. The third-order valence-corrected chi connectivity index (χ3v) is 7.48.